The van der Waals surface area contributed by atoms with E-state index < -0.39 is 0 Å². The van der Waals surface area contributed by atoms with E-state index in [0.717, 1.165) is 25.6 Å². The van der Waals surface area contributed by atoms with Crippen molar-refractivity contribution in [1.82, 2.24) is 9.97 Å². The fourth-order valence-corrected chi connectivity index (χ4v) is 4.15. The molecule has 4 nitrogen and oxygen atoms in total. The Morgan fingerprint density at radius 2 is 2.18 bits per heavy atom. The normalized spacial score (nSPS) is 10.6. The number of pyridine rings is 1. The minimum Gasteiger partial charge on any atom is -0.310 e. The van der Waals surface area contributed by atoms with E-state index in [2.05, 4.69) is 31.2 Å². The highest BCUT2D eigenvalue weighted by molar-refractivity contribution is 9.10. The molecule has 0 aliphatic rings. The lowest BCUT2D eigenvalue weighted by Gasteiger charge is -2.03. The molecule has 7 heteroatoms. The Kier molecular flexibility index (Phi) is 4.66. The summed E-state index contributed by atoms with van der Waals surface area (Å²) in [5, 5.41) is 7.66. The zero-order valence-corrected chi connectivity index (χ0v) is 14.9. The zero-order chi connectivity index (χ0) is 15.5. The number of halogens is 1. The summed E-state index contributed by atoms with van der Waals surface area (Å²) in [5.41, 5.74) is 1.83. The van der Waals surface area contributed by atoms with Crippen LogP contribution in [-0.2, 0) is 11.2 Å². The minimum absolute atomic E-state index is 0.111. The fourth-order valence-electron chi connectivity index (χ4n) is 1.82. The van der Waals surface area contributed by atoms with Crippen molar-refractivity contribution < 1.29 is 4.79 Å². The summed E-state index contributed by atoms with van der Waals surface area (Å²) in [6.45, 7) is 1.96. The molecule has 0 saturated heterocycles. The van der Waals surface area contributed by atoms with Crippen molar-refractivity contribution in [3.05, 3.63) is 50.9 Å². The largest absolute Gasteiger partial charge is 0.310 e. The first-order valence-corrected chi connectivity index (χ1v) is 9.07. The van der Waals surface area contributed by atoms with Crippen LogP contribution >= 0.6 is 38.6 Å². The molecule has 1 amide bonds. The van der Waals surface area contributed by atoms with E-state index in [9.17, 15) is 4.79 Å². The Labute approximate surface area is 144 Å². The summed E-state index contributed by atoms with van der Waals surface area (Å²) in [6.07, 6.45) is 1.98. The first-order chi connectivity index (χ1) is 10.6. The topological polar surface area (TPSA) is 54.9 Å². The number of rotatable bonds is 4. The molecule has 0 aliphatic carbocycles. The molecular weight excluding hydrogens is 382 g/mol. The van der Waals surface area contributed by atoms with Crippen molar-refractivity contribution in [2.75, 3.05) is 5.32 Å². The van der Waals surface area contributed by atoms with Crippen LogP contribution in [0.4, 0.5) is 5.82 Å². The fraction of sp³-hybridized carbons (Fsp3) is 0.133. The average molecular weight is 394 g/mol. The second kappa shape index (κ2) is 6.68. The van der Waals surface area contributed by atoms with E-state index in [1.807, 2.05) is 29.8 Å². The predicted molar refractivity (Wildman–Crippen MR) is 94.4 cm³/mol. The lowest BCUT2D eigenvalue weighted by molar-refractivity contribution is -0.115. The van der Waals surface area contributed by atoms with Gasteiger partial charge in [0.2, 0.25) is 5.91 Å². The van der Waals surface area contributed by atoms with Crippen LogP contribution in [0.3, 0.4) is 0 Å². The third kappa shape index (κ3) is 3.79. The summed E-state index contributed by atoms with van der Waals surface area (Å²) in [5.74, 6) is 0.453. The molecule has 0 atom stereocenters. The van der Waals surface area contributed by atoms with Gasteiger partial charge >= 0.3 is 0 Å². The van der Waals surface area contributed by atoms with E-state index >= 15 is 0 Å². The Bertz CT molecular complexity index is 795. The van der Waals surface area contributed by atoms with Gasteiger partial charge in [-0.2, -0.15) is 0 Å². The van der Waals surface area contributed by atoms with Crippen LogP contribution in [0.25, 0.3) is 9.88 Å². The number of aryl methyl sites for hydroxylation is 1. The van der Waals surface area contributed by atoms with Gasteiger partial charge in [0.05, 0.1) is 17.0 Å². The van der Waals surface area contributed by atoms with Crippen LogP contribution in [0.5, 0.6) is 0 Å². The number of hydrogen-bond donors (Lipinski definition) is 1. The van der Waals surface area contributed by atoms with E-state index in [1.165, 1.54) is 0 Å². The molecule has 0 fully saturated rings. The standard InChI is InChI=1S/C15H12BrN3OS2/c1-9-2-3-13(17-6-9)19-14(20)5-11-8-22-15(18-11)12-4-10(16)7-21-12/h2-4,6-8H,5H2,1H3,(H,17,19,20). The van der Waals surface area contributed by atoms with E-state index in [0.29, 0.717) is 5.82 Å². The molecule has 3 aromatic rings. The van der Waals surface area contributed by atoms with E-state index in [-0.39, 0.29) is 12.3 Å². The summed E-state index contributed by atoms with van der Waals surface area (Å²) in [4.78, 5) is 21.8. The van der Waals surface area contributed by atoms with Crippen LogP contribution in [-0.4, -0.2) is 15.9 Å². The Morgan fingerprint density at radius 1 is 1.32 bits per heavy atom. The molecule has 0 bridgehead atoms. The first kappa shape index (κ1) is 15.3. The summed E-state index contributed by atoms with van der Waals surface area (Å²) >= 11 is 6.61. The number of nitrogens with zero attached hydrogens (tertiary/aromatic N) is 2. The molecule has 0 aromatic carbocycles. The molecule has 1 N–H and O–H groups in total. The van der Waals surface area contributed by atoms with Crippen LogP contribution in [0, 0.1) is 6.92 Å². The number of amides is 1. The summed E-state index contributed by atoms with van der Waals surface area (Å²) in [6, 6.07) is 5.74. The lowest BCUT2D eigenvalue weighted by Crippen LogP contribution is -2.15. The van der Waals surface area contributed by atoms with Gasteiger partial charge in [0.25, 0.3) is 0 Å². The molecule has 3 heterocycles. The van der Waals surface area contributed by atoms with Gasteiger partial charge < -0.3 is 5.32 Å². The van der Waals surface area contributed by atoms with Gasteiger partial charge in [0.1, 0.15) is 10.8 Å². The van der Waals surface area contributed by atoms with Crippen molar-refractivity contribution in [1.29, 1.82) is 0 Å². The molecule has 0 spiro atoms. The van der Waals surface area contributed by atoms with Crippen molar-refractivity contribution in [3.63, 3.8) is 0 Å². The zero-order valence-electron chi connectivity index (χ0n) is 11.7. The van der Waals surface area contributed by atoms with Gasteiger partial charge in [0, 0.05) is 21.4 Å². The SMILES string of the molecule is Cc1ccc(NC(=O)Cc2csc(-c3cc(Br)cs3)n2)nc1. The van der Waals surface area contributed by atoms with Crippen LogP contribution in [0.1, 0.15) is 11.3 Å². The number of hydrogen-bond acceptors (Lipinski definition) is 5. The van der Waals surface area contributed by atoms with Crippen molar-refractivity contribution in [3.8, 4) is 9.88 Å². The Balaban J connectivity index is 1.64. The van der Waals surface area contributed by atoms with Gasteiger partial charge in [-0.05, 0) is 40.5 Å². The second-order valence-corrected chi connectivity index (χ2v) is 7.40. The molecule has 0 aliphatic heterocycles. The quantitative estimate of drug-likeness (QED) is 0.708. The second-order valence-electron chi connectivity index (χ2n) is 4.72. The number of carbonyl (C=O) groups excluding carboxylic acids is 1. The third-order valence-corrected chi connectivity index (χ3v) is 5.60. The third-order valence-electron chi connectivity index (χ3n) is 2.85. The van der Waals surface area contributed by atoms with Crippen molar-refractivity contribution in [2.45, 2.75) is 13.3 Å². The van der Waals surface area contributed by atoms with E-state index in [1.54, 1.807) is 34.9 Å². The van der Waals surface area contributed by atoms with Gasteiger partial charge in [-0.15, -0.1) is 22.7 Å². The lowest BCUT2D eigenvalue weighted by atomic mass is 10.3. The van der Waals surface area contributed by atoms with Gasteiger partial charge in [-0.3, -0.25) is 4.79 Å². The molecule has 0 radical (unpaired) electrons. The van der Waals surface area contributed by atoms with Crippen LogP contribution in [0.15, 0.2) is 39.6 Å². The maximum Gasteiger partial charge on any atom is 0.231 e. The molecule has 0 unspecified atom stereocenters. The highest BCUT2D eigenvalue weighted by Crippen LogP contribution is 2.32. The summed E-state index contributed by atoms with van der Waals surface area (Å²) in [7, 11) is 0. The molecular formula is C15H12BrN3OS2. The minimum atomic E-state index is -0.111. The van der Waals surface area contributed by atoms with Gasteiger partial charge in [-0.25, -0.2) is 9.97 Å². The predicted octanol–water partition coefficient (Wildman–Crippen LogP) is 4.52. The number of aromatic nitrogens is 2. The molecule has 112 valence electrons. The van der Waals surface area contributed by atoms with Crippen LogP contribution < -0.4 is 5.32 Å². The smallest absolute Gasteiger partial charge is 0.231 e. The Morgan fingerprint density at radius 3 is 2.86 bits per heavy atom. The van der Waals surface area contributed by atoms with Crippen molar-refractivity contribution in [2.24, 2.45) is 0 Å². The van der Waals surface area contributed by atoms with Crippen molar-refractivity contribution >= 4 is 50.3 Å². The molecule has 0 saturated carbocycles. The first-order valence-electron chi connectivity index (χ1n) is 6.51. The number of thiophene rings is 1. The van der Waals surface area contributed by atoms with E-state index in [4.69, 9.17) is 0 Å². The number of anilines is 1. The number of nitrogens with one attached hydrogen (secondary N) is 1. The average Bonchev–Trinajstić information content (AvgIpc) is 3.10. The van der Waals surface area contributed by atoms with Gasteiger partial charge in [0.15, 0.2) is 0 Å². The molecule has 3 aromatic heterocycles. The Hall–Kier alpha value is -1.57. The number of carbonyl (C=O) groups is 1. The maximum atomic E-state index is 12.0. The summed E-state index contributed by atoms with van der Waals surface area (Å²) < 4.78 is 1.05. The highest BCUT2D eigenvalue weighted by atomic mass is 79.9. The van der Waals surface area contributed by atoms with Gasteiger partial charge in [-0.1, -0.05) is 6.07 Å². The molecule has 3 rings (SSSR count). The highest BCUT2D eigenvalue weighted by Gasteiger charge is 2.11. The number of thiazole rings is 1. The molecule has 22 heavy (non-hydrogen) atoms. The monoisotopic (exact) mass is 393 g/mol. The van der Waals surface area contributed by atoms with Crippen LogP contribution in [0.2, 0.25) is 0 Å². The maximum absolute atomic E-state index is 12.0.